The van der Waals surface area contributed by atoms with E-state index in [-0.39, 0.29) is 28.4 Å². The molecule has 3 saturated carbocycles. The van der Waals surface area contributed by atoms with Gasteiger partial charge in [-0.1, -0.05) is 67.0 Å². The summed E-state index contributed by atoms with van der Waals surface area (Å²) in [5.74, 6) is 3.96. The molecule has 4 rings (SSSR count). The van der Waals surface area contributed by atoms with E-state index in [9.17, 15) is 9.90 Å². The van der Waals surface area contributed by atoms with Crippen LogP contribution >= 0.6 is 0 Å². The van der Waals surface area contributed by atoms with Gasteiger partial charge in [0.2, 0.25) is 0 Å². The van der Waals surface area contributed by atoms with Crippen molar-refractivity contribution >= 4 is 14.3 Å². The number of aliphatic hydroxyl groups excluding tert-OH is 1. The quantitative estimate of drug-likeness (QED) is 0.154. The van der Waals surface area contributed by atoms with Gasteiger partial charge in [-0.05, 0) is 129 Å². The molecular weight excluding hydrogens is 536 g/mol. The van der Waals surface area contributed by atoms with Crippen LogP contribution in [0, 0.1) is 52.3 Å². The van der Waals surface area contributed by atoms with E-state index in [0.717, 1.165) is 36.5 Å². The van der Waals surface area contributed by atoms with E-state index in [0.29, 0.717) is 30.0 Å². The normalized spacial score (nSPS) is 37.3. The van der Waals surface area contributed by atoms with Gasteiger partial charge >= 0.3 is 5.97 Å². The van der Waals surface area contributed by atoms with Crippen molar-refractivity contribution in [3.05, 3.63) is 11.6 Å². The molecule has 5 heteroatoms. The van der Waals surface area contributed by atoms with Crippen molar-refractivity contribution in [1.29, 1.82) is 0 Å². The van der Waals surface area contributed by atoms with Crippen LogP contribution in [0.3, 0.4) is 0 Å². The molecule has 7 unspecified atom stereocenters. The predicted molar refractivity (Wildman–Crippen MR) is 177 cm³/mol. The molecule has 10 atom stereocenters. The van der Waals surface area contributed by atoms with E-state index >= 15 is 0 Å². The summed E-state index contributed by atoms with van der Waals surface area (Å²) in [7, 11) is -1.74. The number of rotatable bonds is 10. The summed E-state index contributed by atoms with van der Waals surface area (Å²) >= 11 is 0. The first-order chi connectivity index (χ1) is 19.4. The fourth-order valence-electron chi connectivity index (χ4n) is 10.0. The summed E-state index contributed by atoms with van der Waals surface area (Å²) in [6.45, 7) is 25.8. The summed E-state index contributed by atoms with van der Waals surface area (Å²) in [5, 5.41) is 11.8. The van der Waals surface area contributed by atoms with Crippen LogP contribution in [-0.2, 0) is 14.0 Å². The molecule has 1 N–H and O–H groups in total. The molecule has 0 saturated heterocycles. The molecule has 0 aromatic rings. The summed E-state index contributed by atoms with van der Waals surface area (Å²) in [4.78, 5) is 11.3. The molecule has 0 aliphatic heterocycles. The van der Waals surface area contributed by atoms with Crippen LogP contribution in [-0.4, -0.2) is 38.2 Å². The third-order valence-electron chi connectivity index (χ3n) is 13.9. The second-order valence-corrected chi connectivity index (χ2v) is 22.3. The van der Waals surface area contributed by atoms with E-state index in [1.165, 1.54) is 58.3 Å². The molecule has 3 fully saturated rings. The first-order valence-electron chi connectivity index (χ1n) is 17.6. The zero-order valence-corrected chi connectivity index (χ0v) is 30.2. The lowest BCUT2D eigenvalue weighted by molar-refractivity contribution is -0.141. The van der Waals surface area contributed by atoms with Crippen LogP contribution in [0.1, 0.15) is 127 Å². The highest BCUT2D eigenvalue weighted by molar-refractivity contribution is 6.74. The minimum atomic E-state index is -1.74. The summed E-state index contributed by atoms with van der Waals surface area (Å²) in [5.41, 5.74) is 2.22. The second kappa shape index (κ2) is 12.6. The van der Waals surface area contributed by atoms with E-state index in [2.05, 4.69) is 74.6 Å². The molecule has 0 aromatic heterocycles. The van der Waals surface area contributed by atoms with Gasteiger partial charge in [-0.15, -0.1) is 0 Å². The Balaban J connectivity index is 1.40. The Bertz CT molecular complexity index is 981. The number of carbonyl (C=O) groups is 1. The fourth-order valence-corrected chi connectivity index (χ4v) is 11.4. The molecule has 0 spiro atoms. The van der Waals surface area contributed by atoms with Crippen LogP contribution in [0.2, 0.25) is 18.1 Å². The van der Waals surface area contributed by atoms with Crippen LogP contribution in [0.5, 0.6) is 0 Å². The Labute approximate surface area is 260 Å². The van der Waals surface area contributed by atoms with Crippen LogP contribution < -0.4 is 0 Å². The largest absolute Gasteiger partial charge is 0.466 e. The highest BCUT2D eigenvalue weighted by Gasteiger charge is 2.59. The molecule has 42 heavy (non-hydrogen) atoms. The number of allylic oxidation sites excluding steroid dienone is 1. The summed E-state index contributed by atoms with van der Waals surface area (Å²) in [6.07, 6.45) is 14.7. The number of ether oxygens (including phenoxy) is 1. The smallest absolute Gasteiger partial charge is 0.302 e. The van der Waals surface area contributed by atoms with Crippen LogP contribution in [0.4, 0.5) is 0 Å². The van der Waals surface area contributed by atoms with E-state index < -0.39 is 8.32 Å². The van der Waals surface area contributed by atoms with Crippen LogP contribution in [0.15, 0.2) is 11.6 Å². The van der Waals surface area contributed by atoms with Gasteiger partial charge < -0.3 is 14.3 Å². The monoisotopic (exact) mass is 602 g/mol. The van der Waals surface area contributed by atoms with Gasteiger partial charge in [0.05, 0.1) is 12.7 Å². The number of hydrogen-bond donors (Lipinski definition) is 1. The maximum atomic E-state index is 11.5. The molecule has 0 amide bonds. The maximum absolute atomic E-state index is 11.5. The average Bonchev–Trinajstić information content (AvgIpc) is 3.23. The minimum absolute atomic E-state index is 0.182. The molecule has 242 valence electrons. The third kappa shape index (κ3) is 6.64. The summed E-state index contributed by atoms with van der Waals surface area (Å²) in [6, 6.07) is 0. The van der Waals surface area contributed by atoms with Crippen molar-refractivity contribution in [2.75, 3.05) is 6.61 Å². The van der Waals surface area contributed by atoms with Gasteiger partial charge in [0.15, 0.2) is 8.32 Å². The zero-order chi connectivity index (χ0) is 31.3. The molecule has 4 aliphatic carbocycles. The lowest BCUT2D eigenvalue weighted by Gasteiger charge is -2.61. The van der Waals surface area contributed by atoms with Crippen molar-refractivity contribution in [1.82, 2.24) is 0 Å². The van der Waals surface area contributed by atoms with Crippen molar-refractivity contribution in [2.45, 2.75) is 157 Å². The fraction of sp³-hybridized carbons (Fsp3) is 0.919. The minimum Gasteiger partial charge on any atom is -0.466 e. The molecule has 0 bridgehead atoms. The SMILES string of the molecule is CC(=O)OCCC(CC(O)C(C)C1=CCC2C3CCC4C[C@@H](O[Si](C)(C)C(C)(C)C)CC[C@]4(C)C3CC[C@]12C)C(C)C. The van der Waals surface area contributed by atoms with Crippen molar-refractivity contribution < 1.29 is 19.1 Å². The Morgan fingerprint density at radius 2 is 1.76 bits per heavy atom. The topological polar surface area (TPSA) is 55.8 Å². The maximum Gasteiger partial charge on any atom is 0.302 e. The first-order valence-corrected chi connectivity index (χ1v) is 20.5. The molecule has 4 nitrogen and oxygen atoms in total. The van der Waals surface area contributed by atoms with Crippen LogP contribution in [0.25, 0.3) is 0 Å². The number of esters is 1. The van der Waals surface area contributed by atoms with Gasteiger partial charge in [-0.2, -0.15) is 0 Å². The van der Waals surface area contributed by atoms with Crippen molar-refractivity contribution in [3.8, 4) is 0 Å². The lowest BCUT2D eigenvalue weighted by atomic mass is 9.44. The zero-order valence-electron chi connectivity index (χ0n) is 29.2. The summed E-state index contributed by atoms with van der Waals surface area (Å²) < 4.78 is 12.2. The number of hydrogen-bond acceptors (Lipinski definition) is 4. The highest BCUT2D eigenvalue weighted by atomic mass is 28.4. The van der Waals surface area contributed by atoms with E-state index in [4.69, 9.17) is 9.16 Å². The number of fused-ring (bicyclic) bond motifs is 5. The Morgan fingerprint density at radius 3 is 2.38 bits per heavy atom. The van der Waals surface area contributed by atoms with Crippen molar-refractivity contribution in [2.24, 2.45) is 52.3 Å². The average molecular weight is 603 g/mol. The van der Waals surface area contributed by atoms with Gasteiger partial charge in [0.25, 0.3) is 0 Å². The molecule has 0 aromatic carbocycles. The number of carbonyl (C=O) groups excluding carboxylic acids is 1. The third-order valence-corrected chi connectivity index (χ3v) is 18.4. The molecule has 0 heterocycles. The standard InChI is InChI=1S/C37H66O4Si/c1-24(2)27(18-21-40-26(4)38)22-34(39)25(3)31-14-15-32-30-13-12-28-23-29(41-42(10,11)35(5,6)7)16-19-36(28,8)33(30)17-20-37(31,32)9/h14,24-25,27-30,32-34,39H,12-13,15-23H2,1-11H3/t25?,27?,28?,29-,30?,32?,33?,34?,36-,37+/m0/s1. The second-order valence-electron chi connectivity index (χ2n) is 17.5. The van der Waals surface area contributed by atoms with E-state index in [1.54, 1.807) is 5.57 Å². The van der Waals surface area contributed by atoms with E-state index in [1.807, 2.05) is 0 Å². The Hall–Kier alpha value is -0.653. The molecular formula is C37H66O4Si. The van der Waals surface area contributed by atoms with Gasteiger partial charge in [0, 0.05) is 18.9 Å². The van der Waals surface area contributed by atoms with Gasteiger partial charge in [-0.25, -0.2) is 0 Å². The van der Waals surface area contributed by atoms with Gasteiger partial charge in [0.1, 0.15) is 0 Å². The Kier molecular flexibility index (Phi) is 10.3. The van der Waals surface area contributed by atoms with Crippen molar-refractivity contribution in [3.63, 3.8) is 0 Å². The Morgan fingerprint density at radius 1 is 1.07 bits per heavy atom. The molecule has 4 aliphatic rings. The lowest BCUT2D eigenvalue weighted by Crippen LogP contribution is -2.55. The first kappa shape index (κ1) is 34.2. The highest BCUT2D eigenvalue weighted by Crippen LogP contribution is 2.67. The van der Waals surface area contributed by atoms with Gasteiger partial charge in [-0.3, -0.25) is 4.79 Å². The number of aliphatic hydroxyl groups is 1. The molecule has 0 radical (unpaired) electrons. The predicted octanol–water partition coefficient (Wildman–Crippen LogP) is 9.57.